The molecule has 0 bridgehead atoms. The number of nitro benzene ring substituents is 1. The van der Waals surface area contributed by atoms with E-state index in [1.54, 1.807) is 23.0 Å². The van der Waals surface area contributed by atoms with Gasteiger partial charge in [-0.05, 0) is 94.1 Å². The van der Waals surface area contributed by atoms with E-state index < -0.39 is 10.8 Å². The molecule has 10 heteroatoms. The minimum Gasteiger partial charge on any atom is -0.372 e. The molecule has 10 nitrogen and oxygen atoms in total. The molecule has 2 heterocycles. The van der Waals surface area contributed by atoms with Gasteiger partial charge in [-0.25, -0.2) is 0 Å². The molecule has 0 atom stereocenters. The second kappa shape index (κ2) is 10.7. The lowest BCUT2D eigenvalue weighted by molar-refractivity contribution is -0.384. The van der Waals surface area contributed by atoms with Gasteiger partial charge in [0.05, 0.1) is 10.6 Å². The summed E-state index contributed by atoms with van der Waals surface area (Å²) < 4.78 is 0. The number of carbonyl (C=O) groups excluding carboxylic acids is 1. The molecule has 1 aromatic heterocycles. The first kappa shape index (κ1) is 26.1. The number of anilines is 3. The number of benzene rings is 3. The van der Waals surface area contributed by atoms with Crippen LogP contribution in [0.15, 0.2) is 48.5 Å². The number of nitrogens with one attached hydrogen (secondary N) is 1. The number of aryl methyl sites for hydroxylation is 2. The number of fused-ring (bicyclic) bond motifs is 1. The van der Waals surface area contributed by atoms with Crippen LogP contribution in [0.5, 0.6) is 0 Å². The van der Waals surface area contributed by atoms with E-state index in [0.29, 0.717) is 22.4 Å². The Morgan fingerprint density at radius 2 is 1.62 bits per heavy atom. The molecule has 0 unspecified atom stereocenters. The number of nitrogens with zero attached hydrogens (tertiary/aromatic N) is 6. The van der Waals surface area contributed by atoms with Gasteiger partial charge in [-0.2, -0.15) is 4.80 Å². The summed E-state index contributed by atoms with van der Waals surface area (Å²) in [6.45, 7) is 11.6. The van der Waals surface area contributed by atoms with Crippen molar-refractivity contribution < 1.29 is 9.72 Å². The van der Waals surface area contributed by atoms with Crippen molar-refractivity contribution >= 4 is 39.7 Å². The molecule has 1 saturated heterocycles. The lowest BCUT2D eigenvalue weighted by atomic mass is 10.1. The summed E-state index contributed by atoms with van der Waals surface area (Å²) in [5.74, 6) is -0.413. The van der Waals surface area contributed by atoms with Crippen LogP contribution in [0.4, 0.5) is 22.7 Å². The molecule has 5 rings (SSSR count). The summed E-state index contributed by atoms with van der Waals surface area (Å²) in [5, 5.41) is 24.0. The van der Waals surface area contributed by atoms with Crippen LogP contribution >= 0.6 is 0 Å². The first-order valence-corrected chi connectivity index (χ1v) is 13.4. The summed E-state index contributed by atoms with van der Waals surface area (Å²) in [6, 6.07) is 14.6. The van der Waals surface area contributed by atoms with Crippen LogP contribution < -0.4 is 15.1 Å². The molecule has 1 aliphatic heterocycles. The molecule has 3 aromatic carbocycles. The molecule has 39 heavy (non-hydrogen) atoms. The van der Waals surface area contributed by atoms with Crippen LogP contribution in [0.3, 0.4) is 0 Å². The third-order valence-electron chi connectivity index (χ3n) is 7.38. The van der Waals surface area contributed by atoms with Crippen LogP contribution in [-0.4, -0.2) is 52.0 Å². The number of hydrogen-bond acceptors (Lipinski definition) is 7. The molecule has 0 aliphatic carbocycles. The monoisotopic (exact) mass is 527 g/mol. The number of nitro groups is 1. The highest BCUT2D eigenvalue weighted by atomic mass is 16.6. The van der Waals surface area contributed by atoms with Crippen LogP contribution in [0.1, 0.15) is 48.2 Å². The molecular weight excluding hydrogens is 494 g/mol. The fraction of sp³-hybridized carbons (Fsp3) is 0.345. The summed E-state index contributed by atoms with van der Waals surface area (Å²) in [6.07, 6.45) is 2.01. The number of amides is 1. The summed E-state index contributed by atoms with van der Waals surface area (Å²) >= 11 is 0. The van der Waals surface area contributed by atoms with E-state index in [1.165, 1.54) is 6.07 Å². The minimum atomic E-state index is -0.420. The maximum absolute atomic E-state index is 13.1. The maximum atomic E-state index is 13.1. The molecular formula is C29H33N7O3. The van der Waals surface area contributed by atoms with Gasteiger partial charge in [0.15, 0.2) is 0 Å². The third kappa shape index (κ3) is 5.14. The third-order valence-corrected chi connectivity index (χ3v) is 7.38. The lowest BCUT2D eigenvalue weighted by Gasteiger charge is -2.22. The maximum Gasteiger partial charge on any atom is 0.293 e. The fourth-order valence-electron chi connectivity index (χ4n) is 5.19. The topological polar surface area (TPSA) is 109 Å². The molecule has 202 valence electrons. The van der Waals surface area contributed by atoms with Gasteiger partial charge in [0.2, 0.25) is 0 Å². The van der Waals surface area contributed by atoms with Crippen molar-refractivity contribution in [2.75, 3.05) is 41.3 Å². The highest BCUT2D eigenvalue weighted by Gasteiger charge is 2.24. The number of hydrogen-bond donors (Lipinski definition) is 1. The van der Waals surface area contributed by atoms with Gasteiger partial charge >= 0.3 is 0 Å². The second-order valence-electron chi connectivity index (χ2n) is 9.90. The minimum absolute atomic E-state index is 0.0537. The van der Waals surface area contributed by atoms with Crippen molar-refractivity contribution in [3.8, 4) is 5.69 Å². The van der Waals surface area contributed by atoms with Gasteiger partial charge in [-0.3, -0.25) is 14.9 Å². The van der Waals surface area contributed by atoms with Crippen LogP contribution in [0, 0.1) is 24.0 Å². The summed E-state index contributed by atoms with van der Waals surface area (Å²) in [4.78, 5) is 30.4. The Bertz CT molecular complexity index is 1550. The van der Waals surface area contributed by atoms with Gasteiger partial charge in [-0.15, -0.1) is 10.2 Å². The normalized spacial score (nSPS) is 13.2. The second-order valence-corrected chi connectivity index (χ2v) is 9.90. The first-order valence-electron chi connectivity index (χ1n) is 13.4. The standard InChI is InChI=1S/C29H33N7O3/c1-5-33(6-2)22-10-12-26(20(4)15-22)35-31-24-16-19(3)23(18-25(24)32-35)30-29(37)21-9-11-27(28(17-21)36(38)39)34-13-7-8-14-34/h9-12,15-18H,5-8,13-14H2,1-4H3,(H,30,37). The quantitative estimate of drug-likeness (QED) is 0.233. The zero-order chi connectivity index (χ0) is 27.7. The van der Waals surface area contributed by atoms with Crippen molar-refractivity contribution in [3.63, 3.8) is 0 Å². The Hall–Kier alpha value is -4.47. The Labute approximate surface area is 227 Å². The van der Waals surface area contributed by atoms with Gasteiger partial charge in [0.1, 0.15) is 16.7 Å². The number of aromatic nitrogens is 3. The average Bonchev–Trinajstić information content (AvgIpc) is 3.59. The Morgan fingerprint density at radius 1 is 0.949 bits per heavy atom. The van der Waals surface area contributed by atoms with E-state index in [0.717, 1.165) is 61.5 Å². The number of carbonyl (C=O) groups is 1. The van der Waals surface area contributed by atoms with Crippen molar-refractivity contribution in [3.05, 3.63) is 75.3 Å². The molecule has 0 spiro atoms. The Morgan fingerprint density at radius 3 is 2.26 bits per heavy atom. The van der Waals surface area contributed by atoms with E-state index in [9.17, 15) is 14.9 Å². The Kier molecular flexibility index (Phi) is 7.19. The number of rotatable bonds is 8. The van der Waals surface area contributed by atoms with E-state index in [-0.39, 0.29) is 11.3 Å². The van der Waals surface area contributed by atoms with Crippen LogP contribution in [-0.2, 0) is 0 Å². The molecule has 1 N–H and O–H groups in total. The van der Waals surface area contributed by atoms with E-state index in [4.69, 9.17) is 0 Å². The van der Waals surface area contributed by atoms with Gasteiger partial charge in [0.25, 0.3) is 11.6 Å². The van der Waals surface area contributed by atoms with Gasteiger partial charge in [-0.1, -0.05) is 0 Å². The smallest absolute Gasteiger partial charge is 0.293 e. The molecule has 1 fully saturated rings. The van der Waals surface area contributed by atoms with Crippen LogP contribution in [0.25, 0.3) is 16.7 Å². The highest BCUT2D eigenvalue weighted by Crippen LogP contribution is 2.32. The zero-order valence-corrected chi connectivity index (χ0v) is 22.8. The van der Waals surface area contributed by atoms with Crippen molar-refractivity contribution in [2.24, 2.45) is 0 Å². The van der Waals surface area contributed by atoms with E-state index in [1.807, 2.05) is 30.9 Å². The molecule has 0 radical (unpaired) electrons. The summed E-state index contributed by atoms with van der Waals surface area (Å²) in [5.41, 5.74) is 6.59. The van der Waals surface area contributed by atoms with E-state index >= 15 is 0 Å². The average molecular weight is 528 g/mol. The van der Waals surface area contributed by atoms with Gasteiger partial charge in [0, 0.05) is 49.2 Å². The highest BCUT2D eigenvalue weighted by molar-refractivity contribution is 6.06. The van der Waals surface area contributed by atoms with E-state index in [2.05, 4.69) is 46.4 Å². The molecule has 1 aliphatic rings. The predicted octanol–water partition coefficient (Wildman–Crippen LogP) is 5.64. The van der Waals surface area contributed by atoms with Crippen molar-refractivity contribution in [1.82, 2.24) is 15.0 Å². The van der Waals surface area contributed by atoms with Gasteiger partial charge < -0.3 is 15.1 Å². The van der Waals surface area contributed by atoms with Crippen molar-refractivity contribution in [2.45, 2.75) is 40.5 Å². The van der Waals surface area contributed by atoms with Crippen LogP contribution in [0.2, 0.25) is 0 Å². The summed E-state index contributed by atoms with van der Waals surface area (Å²) in [7, 11) is 0. The zero-order valence-electron chi connectivity index (χ0n) is 22.8. The molecule has 0 saturated carbocycles. The SMILES string of the molecule is CCN(CC)c1ccc(-n2nc3cc(C)c(NC(=O)c4ccc(N5CCCC5)c([N+](=O)[O-])c4)cc3n2)c(C)c1. The van der Waals surface area contributed by atoms with Crippen molar-refractivity contribution in [1.29, 1.82) is 0 Å². The molecule has 4 aromatic rings. The largest absolute Gasteiger partial charge is 0.372 e. The fourth-order valence-corrected chi connectivity index (χ4v) is 5.19. The first-order chi connectivity index (χ1) is 18.8. The Balaban J connectivity index is 1.41. The lowest BCUT2D eigenvalue weighted by Crippen LogP contribution is -2.21. The predicted molar refractivity (Wildman–Crippen MR) is 154 cm³/mol. The molecule has 1 amide bonds.